The summed E-state index contributed by atoms with van der Waals surface area (Å²) in [5, 5.41) is 6.74. The van der Waals surface area contributed by atoms with Gasteiger partial charge in [-0.05, 0) is 32.0 Å². The van der Waals surface area contributed by atoms with Crippen LogP contribution in [0.2, 0.25) is 0 Å². The van der Waals surface area contributed by atoms with E-state index in [-0.39, 0.29) is 30.1 Å². The van der Waals surface area contributed by atoms with Crippen molar-refractivity contribution in [3.63, 3.8) is 0 Å². The van der Waals surface area contributed by atoms with Gasteiger partial charge in [-0.3, -0.25) is 9.89 Å². The molecule has 0 spiro atoms. The van der Waals surface area contributed by atoms with E-state index in [2.05, 4.69) is 53.4 Å². The van der Waals surface area contributed by atoms with Gasteiger partial charge in [0, 0.05) is 32.6 Å². The fourth-order valence-corrected chi connectivity index (χ4v) is 2.90. The zero-order chi connectivity index (χ0) is 16.7. The molecule has 0 saturated carbocycles. The largest absolute Gasteiger partial charge is 0.488 e. The highest BCUT2D eigenvalue weighted by atomic mass is 127. The lowest BCUT2D eigenvalue weighted by atomic mass is 10.1. The number of ether oxygens (including phenoxy) is 1. The summed E-state index contributed by atoms with van der Waals surface area (Å²) in [4.78, 5) is 6.71. The van der Waals surface area contributed by atoms with Gasteiger partial charge in [-0.25, -0.2) is 0 Å². The van der Waals surface area contributed by atoms with E-state index in [0.29, 0.717) is 6.04 Å². The number of likely N-dealkylation sites (N-methyl/N-ethyl adjacent to an activating group) is 1. The molecule has 136 valence electrons. The standard InChI is InChI=1S/C18H30N4O.HI/c1-5-22(14(2)3)11-10-20-18(19-4)21-13-16-12-15-8-6-7-9-17(15)23-16;/h6-9,14,16H,5,10-13H2,1-4H3,(H2,19,20,21);1H. The molecule has 6 heteroatoms. The van der Waals surface area contributed by atoms with Gasteiger partial charge in [0.1, 0.15) is 11.9 Å². The zero-order valence-corrected chi connectivity index (χ0v) is 17.5. The van der Waals surface area contributed by atoms with Crippen molar-refractivity contribution in [1.29, 1.82) is 0 Å². The lowest BCUT2D eigenvalue weighted by Crippen LogP contribution is -2.45. The smallest absolute Gasteiger partial charge is 0.191 e. The molecule has 0 amide bonds. The molecule has 0 saturated heterocycles. The van der Waals surface area contributed by atoms with E-state index in [9.17, 15) is 0 Å². The topological polar surface area (TPSA) is 48.9 Å². The Morgan fingerprint density at radius 3 is 2.71 bits per heavy atom. The average molecular weight is 446 g/mol. The summed E-state index contributed by atoms with van der Waals surface area (Å²) in [5.74, 6) is 1.85. The summed E-state index contributed by atoms with van der Waals surface area (Å²) in [6.45, 7) is 10.4. The maximum absolute atomic E-state index is 5.94. The van der Waals surface area contributed by atoms with Gasteiger partial charge in [0.2, 0.25) is 0 Å². The van der Waals surface area contributed by atoms with E-state index in [1.807, 2.05) is 12.1 Å². The molecule has 1 heterocycles. The van der Waals surface area contributed by atoms with E-state index in [4.69, 9.17) is 4.74 Å². The summed E-state index contributed by atoms with van der Waals surface area (Å²) >= 11 is 0. The molecule has 1 aliphatic rings. The van der Waals surface area contributed by atoms with E-state index in [0.717, 1.165) is 44.3 Å². The Bertz CT molecular complexity index is 496. The number of para-hydroxylation sites is 1. The molecule has 5 nitrogen and oxygen atoms in total. The summed E-state index contributed by atoms with van der Waals surface area (Å²) in [6, 6.07) is 8.82. The lowest BCUT2D eigenvalue weighted by molar-refractivity contribution is 0.232. The first-order valence-electron chi connectivity index (χ1n) is 8.57. The summed E-state index contributed by atoms with van der Waals surface area (Å²) in [7, 11) is 1.81. The predicted molar refractivity (Wildman–Crippen MR) is 112 cm³/mol. The predicted octanol–water partition coefficient (Wildman–Crippen LogP) is 2.50. The number of nitrogens with one attached hydrogen (secondary N) is 2. The van der Waals surface area contributed by atoms with E-state index < -0.39 is 0 Å². The van der Waals surface area contributed by atoms with Gasteiger partial charge in [-0.1, -0.05) is 25.1 Å². The Morgan fingerprint density at radius 1 is 1.33 bits per heavy atom. The lowest BCUT2D eigenvalue weighted by Gasteiger charge is -2.25. The van der Waals surface area contributed by atoms with Crippen molar-refractivity contribution in [2.75, 3.05) is 33.2 Å². The highest BCUT2D eigenvalue weighted by Gasteiger charge is 2.22. The van der Waals surface area contributed by atoms with Crippen LogP contribution in [0.5, 0.6) is 5.75 Å². The van der Waals surface area contributed by atoms with Gasteiger partial charge in [0.05, 0.1) is 6.54 Å². The van der Waals surface area contributed by atoms with Gasteiger partial charge >= 0.3 is 0 Å². The molecule has 1 aromatic carbocycles. The first-order valence-corrected chi connectivity index (χ1v) is 8.57. The van der Waals surface area contributed by atoms with Gasteiger partial charge in [0.15, 0.2) is 5.96 Å². The second kappa shape index (κ2) is 10.8. The highest BCUT2D eigenvalue weighted by Crippen LogP contribution is 2.27. The van der Waals surface area contributed by atoms with Crippen LogP contribution in [-0.4, -0.2) is 56.2 Å². The molecule has 24 heavy (non-hydrogen) atoms. The Morgan fingerprint density at radius 2 is 2.08 bits per heavy atom. The van der Waals surface area contributed by atoms with Crippen molar-refractivity contribution >= 4 is 29.9 Å². The van der Waals surface area contributed by atoms with Crippen molar-refractivity contribution in [3.8, 4) is 5.75 Å². The third-order valence-electron chi connectivity index (χ3n) is 4.26. The van der Waals surface area contributed by atoms with Crippen molar-refractivity contribution in [2.24, 2.45) is 4.99 Å². The van der Waals surface area contributed by atoms with Gasteiger partial charge < -0.3 is 15.4 Å². The maximum Gasteiger partial charge on any atom is 0.191 e. The molecule has 1 aromatic rings. The number of fused-ring (bicyclic) bond motifs is 1. The Kier molecular flexibility index (Phi) is 9.43. The Hall–Kier alpha value is -1.02. The van der Waals surface area contributed by atoms with Crippen LogP contribution in [0.3, 0.4) is 0 Å². The molecular formula is C18H31IN4O. The SMILES string of the molecule is CCN(CCNC(=NC)NCC1Cc2ccccc2O1)C(C)C.I. The fourth-order valence-electron chi connectivity index (χ4n) is 2.90. The molecule has 1 unspecified atom stereocenters. The van der Waals surface area contributed by atoms with E-state index >= 15 is 0 Å². The van der Waals surface area contributed by atoms with Crippen molar-refractivity contribution < 1.29 is 4.74 Å². The highest BCUT2D eigenvalue weighted by molar-refractivity contribution is 14.0. The molecule has 0 aliphatic carbocycles. The number of hydrogen-bond acceptors (Lipinski definition) is 3. The first kappa shape index (κ1) is 21.0. The number of guanidine groups is 1. The van der Waals surface area contributed by atoms with Crippen molar-refractivity contribution in [2.45, 2.75) is 39.3 Å². The Labute approximate surface area is 163 Å². The second-order valence-electron chi connectivity index (χ2n) is 6.15. The van der Waals surface area contributed by atoms with Gasteiger partial charge in [-0.15, -0.1) is 24.0 Å². The fraction of sp³-hybridized carbons (Fsp3) is 0.611. The van der Waals surface area contributed by atoms with Crippen LogP contribution in [0.15, 0.2) is 29.3 Å². The third-order valence-corrected chi connectivity index (χ3v) is 4.26. The minimum Gasteiger partial charge on any atom is -0.488 e. The molecule has 1 atom stereocenters. The van der Waals surface area contributed by atoms with Crippen LogP contribution < -0.4 is 15.4 Å². The quantitative estimate of drug-likeness (QED) is 0.384. The molecular weight excluding hydrogens is 415 g/mol. The van der Waals surface area contributed by atoms with Crippen LogP contribution in [0.4, 0.5) is 0 Å². The van der Waals surface area contributed by atoms with Crippen molar-refractivity contribution in [3.05, 3.63) is 29.8 Å². The molecule has 2 rings (SSSR count). The number of benzene rings is 1. The van der Waals surface area contributed by atoms with Crippen LogP contribution in [-0.2, 0) is 6.42 Å². The van der Waals surface area contributed by atoms with E-state index in [1.54, 1.807) is 7.05 Å². The molecule has 0 fully saturated rings. The summed E-state index contributed by atoms with van der Waals surface area (Å²) < 4.78 is 5.94. The van der Waals surface area contributed by atoms with Crippen LogP contribution in [0.1, 0.15) is 26.3 Å². The van der Waals surface area contributed by atoms with Crippen molar-refractivity contribution in [1.82, 2.24) is 15.5 Å². The Balaban J connectivity index is 0.00000288. The van der Waals surface area contributed by atoms with Gasteiger partial charge in [0.25, 0.3) is 0 Å². The first-order chi connectivity index (χ1) is 11.1. The summed E-state index contributed by atoms with van der Waals surface area (Å²) in [6.07, 6.45) is 1.13. The molecule has 2 N–H and O–H groups in total. The monoisotopic (exact) mass is 446 g/mol. The minimum absolute atomic E-state index is 0. The number of nitrogens with zero attached hydrogens (tertiary/aromatic N) is 2. The minimum atomic E-state index is 0. The molecule has 0 radical (unpaired) electrons. The van der Waals surface area contributed by atoms with Crippen LogP contribution in [0.25, 0.3) is 0 Å². The second-order valence-corrected chi connectivity index (χ2v) is 6.15. The normalized spacial score (nSPS) is 16.6. The average Bonchev–Trinajstić information content (AvgIpc) is 2.96. The molecule has 1 aliphatic heterocycles. The molecule has 0 aromatic heterocycles. The van der Waals surface area contributed by atoms with Gasteiger partial charge in [-0.2, -0.15) is 0 Å². The van der Waals surface area contributed by atoms with Crippen LogP contribution >= 0.6 is 24.0 Å². The number of hydrogen-bond donors (Lipinski definition) is 2. The van der Waals surface area contributed by atoms with E-state index in [1.165, 1.54) is 5.56 Å². The number of aliphatic imine (C=N–C) groups is 1. The number of rotatable bonds is 7. The summed E-state index contributed by atoms with van der Waals surface area (Å²) in [5.41, 5.74) is 1.29. The molecule has 0 bridgehead atoms. The van der Waals surface area contributed by atoms with Crippen LogP contribution in [0, 0.1) is 0 Å². The zero-order valence-electron chi connectivity index (χ0n) is 15.2. The third kappa shape index (κ3) is 6.12. The maximum atomic E-state index is 5.94. The number of halogens is 1.